The van der Waals surface area contributed by atoms with Gasteiger partial charge < -0.3 is 14.8 Å². The van der Waals surface area contributed by atoms with Crippen LogP contribution >= 0.6 is 0 Å². The molecule has 1 atom stereocenters. The van der Waals surface area contributed by atoms with Crippen molar-refractivity contribution in [2.24, 2.45) is 0 Å². The van der Waals surface area contributed by atoms with Crippen molar-refractivity contribution in [1.29, 1.82) is 0 Å². The molecule has 1 N–H and O–H groups in total. The highest BCUT2D eigenvalue weighted by atomic mass is 16.5. The quantitative estimate of drug-likeness (QED) is 0.753. The van der Waals surface area contributed by atoms with E-state index >= 15 is 0 Å². The monoisotopic (exact) mass is 355 g/mol. The number of hydrogen-bond acceptors (Lipinski definition) is 4. The van der Waals surface area contributed by atoms with Gasteiger partial charge >= 0.3 is 5.97 Å². The van der Waals surface area contributed by atoms with Crippen molar-refractivity contribution in [2.75, 3.05) is 11.9 Å². The fourth-order valence-electron chi connectivity index (χ4n) is 2.43. The summed E-state index contributed by atoms with van der Waals surface area (Å²) in [5, 5.41) is 2.79. The average molecular weight is 355 g/mol. The minimum Gasteiger partial charge on any atom is -0.480 e. The summed E-state index contributed by atoms with van der Waals surface area (Å²) in [5.74, 6) is 0.106. The molecule has 1 unspecified atom stereocenters. The normalized spacial score (nSPS) is 11.5. The topological polar surface area (TPSA) is 64.6 Å². The molecule has 0 aliphatic carbocycles. The van der Waals surface area contributed by atoms with Gasteiger partial charge in [0.15, 0.2) is 6.10 Å². The van der Waals surface area contributed by atoms with Crippen LogP contribution in [0.2, 0.25) is 0 Å². The third kappa shape index (κ3) is 5.09. The third-order valence-corrected chi connectivity index (χ3v) is 3.90. The minimum absolute atomic E-state index is 0.256. The van der Waals surface area contributed by atoms with Crippen molar-refractivity contribution in [3.63, 3.8) is 0 Å². The molecule has 1 amide bonds. The summed E-state index contributed by atoms with van der Waals surface area (Å²) in [6, 6.07) is 12.5. The lowest BCUT2D eigenvalue weighted by Gasteiger charge is -2.18. The predicted octanol–water partition coefficient (Wildman–Crippen LogP) is 4.28. The highest BCUT2D eigenvalue weighted by Crippen LogP contribution is 2.24. The Kier molecular flexibility index (Phi) is 6.78. The van der Waals surface area contributed by atoms with Crippen molar-refractivity contribution in [1.82, 2.24) is 0 Å². The molecule has 0 fully saturated rings. The van der Waals surface area contributed by atoms with Gasteiger partial charge in [-0.3, -0.25) is 4.79 Å². The van der Waals surface area contributed by atoms with Crippen molar-refractivity contribution >= 4 is 17.6 Å². The molecule has 2 aromatic rings. The number of para-hydroxylation sites is 1. The first kappa shape index (κ1) is 19.5. The first-order valence-electron chi connectivity index (χ1n) is 8.73. The number of ether oxygens (including phenoxy) is 2. The van der Waals surface area contributed by atoms with E-state index in [1.807, 2.05) is 39.0 Å². The van der Waals surface area contributed by atoms with Crippen LogP contribution in [-0.2, 0) is 9.53 Å². The summed E-state index contributed by atoms with van der Waals surface area (Å²) < 4.78 is 10.9. The lowest BCUT2D eigenvalue weighted by Crippen LogP contribution is -2.30. The first-order valence-corrected chi connectivity index (χ1v) is 8.73. The predicted molar refractivity (Wildman–Crippen MR) is 102 cm³/mol. The van der Waals surface area contributed by atoms with E-state index < -0.39 is 6.10 Å². The molecule has 2 aromatic carbocycles. The van der Waals surface area contributed by atoms with Crippen LogP contribution in [-0.4, -0.2) is 24.6 Å². The number of aryl methyl sites for hydroxylation is 2. The number of rotatable bonds is 7. The number of carbonyl (C=O) groups excluding carboxylic acids is 2. The van der Waals surface area contributed by atoms with Gasteiger partial charge in [0, 0.05) is 5.69 Å². The van der Waals surface area contributed by atoms with Gasteiger partial charge in [-0.2, -0.15) is 0 Å². The molecule has 0 saturated carbocycles. The van der Waals surface area contributed by atoms with Gasteiger partial charge in [-0.15, -0.1) is 0 Å². The summed E-state index contributed by atoms with van der Waals surface area (Å²) in [6.45, 7) is 7.93. The van der Waals surface area contributed by atoms with Crippen LogP contribution in [0, 0.1) is 13.8 Å². The van der Waals surface area contributed by atoms with Crippen LogP contribution in [0.5, 0.6) is 5.75 Å². The maximum atomic E-state index is 12.4. The highest BCUT2D eigenvalue weighted by Gasteiger charge is 2.17. The van der Waals surface area contributed by atoms with Crippen LogP contribution in [0.1, 0.15) is 41.8 Å². The summed E-state index contributed by atoms with van der Waals surface area (Å²) >= 11 is 0. The van der Waals surface area contributed by atoms with Crippen molar-refractivity contribution in [3.8, 4) is 5.75 Å². The molecule has 0 aliphatic heterocycles. The second-order valence-electron chi connectivity index (χ2n) is 6.18. The van der Waals surface area contributed by atoms with E-state index in [4.69, 9.17) is 9.47 Å². The largest absolute Gasteiger partial charge is 0.480 e. The molecule has 0 bridgehead atoms. The number of hydrogen-bond donors (Lipinski definition) is 1. The van der Waals surface area contributed by atoms with Crippen LogP contribution in [0.3, 0.4) is 0 Å². The number of benzene rings is 2. The maximum absolute atomic E-state index is 12.4. The van der Waals surface area contributed by atoms with E-state index in [9.17, 15) is 9.59 Å². The Morgan fingerprint density at radius 3 is 2.23 bits per heavy atom. The van der Waals surface area contributed by atoms with Gasteiger partial charge in [0.25, 0.3) is 5.91 Å². The second-order valence-corrected chi connectivity index (χ2v) is 6.18. The van der Waals surface area contributed by atoms with Crippen molar-refractivity contribution in [2.45, 2.75) is 40.2 Å². The summed E-state index contributed by atoms with van der Waals surface area (Å²) in [7, 11) is 0. The van der Waals surface area contributed by atoms with E-state index in [1.54, 1.807) is 31.2 Å². The molecule has 0 aromatic heterocycles. The zero-order chi connectivity index (χ0) is 19.1. The molecular formula is C21H25NO4. The zero-order valence-electron chi connectivity index (χ0n) is 15.7. The number of amides is 1. The van der Waals surface area contributed by atoms with E-state index in [2.05, 4.69) is 5.32 Å². The molecule has 0 spiro atoms. The molecule has 26 heavy (non-hydrogen) atoms. The Morgan fingerprint density at radius 2 is 1.65 bits per heavy atom. The summed E-state index contributed by atoms with van der Waals surface area (Å²) in [6.07, 6.45) is 0.127. The SMILES string of the molecule is CCCOC(=O)c1ccc(NC(=O)C(C)Oc2c(C)cccc2C)cc1. The summed E-state index contributed by atoms with van der Waals surface area (Å²) in [4.78, 5) is 24.2. The van der Waals surface area contributed by atoms with Gasteiger partial charge in [-0.25, -0.2) is 4.79 Å². The molecule has 2 rings (SSSR count). The fraction of sp³-hybridized carbons (Fsp3) is 0.333. The van der Waals surface area contributed by atoms with E-state index in [-0.39, 0.29) is 11.9 Å². The second kappa shape index (κ2) is 9.04. The van der Waals surface area contributed by atoms with E-state index in [0.29, 0.717) is 17.9 Å². The average Bonchev–Trinajstić information content (AvgIpc) is 2.63. The Balaban J connectivity index is 1.97. The van der Waals surface area contributed by atoms with Gasteiger partial charge in [-0.05, 0) is 62.6 Å². The summed E-state index contributed by atoms with van der Waals surface area (Å²) in [5.41, 5.74) is 3.02. The van der Waals surface area contributed by atoms with Crippen molar-refractivity contribution in [3.05, 3.63) is 59.2 Å². The molecule has 138 valence electrons. The molecule has 0 saturated heterocycles. The van der Waals surface area contributed by atoms with Crippen LogP contribution < -0.4 is 10.1 Å². The Morgan fingerprint density at radius 1 is 1.04 bits per heavy atom. The van der Waals surface area contributed by atoms with Crippen LogP contribution in [0.15, 0.2) is 42.5 Å². The molecule has 0 radical (unpaired) electrons. The third-order valence-electron chi connectivity index (χ3n) is 3.90. The Hall–Kier alpha value is -2.82. The molecular weight excluding hydrogens is 330 g/mol. The van der Waals surface area contributed by atoms with Gasteiger partial charge in [0.2, 0.25) is 0 Å². The molecule has 0 aliphatic rings. The molecule has 0 heterocycles. The number of carbonyl (C=O) groups is 2. The Labute approximate surface area is 154 Å². The molecule has 5 heteroatoms. The fourth-order valence-corrected chi connectivity index (χ4v) is 2.43. The lowest BCUT2D eigenvalue weighted by atomic mass is 10.1. The minimum atomic E-state index is -0.649. The van der Waals surface area contributed by atoms with E-state index in [0.717, 1.165) is 23.3 Å². The van der Waals surface area contributed by atoms with Gasteiger partial charge in [-0.1, -0.05) is 25.1 Å². The van der Waals surface area contributed by atoms with Gasteiger partial charge in [0.1, 0.15) is 5.75 Å². The zero-order valence-corrected chi connectivity index (χ0v) is 15.7. The Bertz CT molecular complexity index is 748. The van der Waals surface area contributed by atoms with Gasteiger partial charge in [0.05, 0.1) is 12.2 Å². The molecule has 5 nitrogen and oxygen atoms in total. The number of nitrogens with one attached hydrogen (secondary N) is 1. The standard InChI is InChI=1S/C21H25NO4/c1-5-13-25-21(24)17-9-11-18(12-10-17)22-20(23)16(4)26-19-14(2)7-6-8-15(19)3/h6-12,16H,5,13H2,1-4H3,(H,22,23). The lowest BCUT2D eigenvalue weighted by molar-refractivity contribution is -0.122. The number of esters is 1. The maximum Gasteiger partial charge on any atom is 0.338 e. The van der Waals surface area contributed by atoms with Crippen molar-refractivity contribution < 1.29 is 19.1 Å². The van der Waals surface area contributed by atoms with Crippen LogP contribution in [0.4, 0.5) is 5.69 Å². The highest BCUT2D eigenvalue weighted by molar-refractivity contribution is 5.95. The smallest absolute Gasteiger partial charge is 0.338 e. The first-order chi connectivity index (χ1) is 12.4. The van der Waals surface area contributed by atoms with Crippen LogP contribution in [0.25, 0.3) is 0 Å². The van der Waals surface area contributed by atoms with E-state index in [1.165, 1.54) is 0 Å². The number of anilines is 1.